The Kier molecular flexibility index (Phi) is 4.45. The van der Waals surface area contributed by atoms with Crippen molar-refractivity contribution < 1.29 is 14.6 Å². The molecule has 1 amide bonds. The van der Waals surface area contributed by atoms with Crippen molar-refractivity contribution in [3.63, 3.8) is 0 Å². The molecular formula is C16H21NO3. The fraction of sp³-hybridized carbons (Fsp3) is 0.438. The minimum Gasteiger partial charge on any atom is -0.494 e. The Morgan fingerprint density at radius 1 is 1.35 bits per heavy atom. The van der Waals surface area contributed by atoms with Crippen molar-refractivity contribution in [1.29, 1.82) is 0 Å². The van der Waals surface area contributed by atoms with E-state index in [1.54, 1.807) is 17.1 Å². The topological polar surface area (TPSA) is 49.8 Å². The van der Waals surface area contributed by atoms with Crippen LogP contribution in [0.2, 0.25) is 0 Å². The highest BCUT2D eigenvalue weighted by atomic mass is 16.5. The van der Waals surface area contributed by atoms with Crippen molar-refractivity contribution in [2.45, 2.75) is 25.9 Å². The summed E-state index contributed by atoms with van der Waals surface area (Å²) in [4.78, 5) is 13.5. The van der Waals surface area contributed by atoms with Crippen LogP contribution in [0.1, 0.15) is 25.8 Å². The first-order valence-corrected chi connectivity index (χ1v) is 6.98. The number of β-amino-alcohol motifs (C(OH)–C–C–N with tert-alkyl or cyclic N) is 1. The van der Waals surface area contributed by atoms with Crippen LogP contribution in [0, 0.1) is 0 Å². The second-order valence-corrected chi connectivity index (χ2v) is 5.11. The molecule has 1 aliphatic heterocycles. The summed E-state index contributed by atoms with van der Waals surface area (Å²) >= 11 is 0. The van der Waals surface area contributed by atoms with Crippen LogP contribution in [0.15, 0.2) is 30.3 Å². The highest BCUT2D eigenvalue weighted by molar-refractivity contribution is 5.92. The number of ether oxygens (including phenoxy) is 1. The van der Waals surface area contributed by atoms with Crippen LogP contribution in [-0.4, -0.2) is 41.2 Å². The molecule has 1 aliphatic rings. The van der Waals surface area contributed by atoms with Crippen LogP contribution in [-0.2, 0) is 4.79 Å². The molecule has 4 heteroatoms. The van der Waals surface area contributed by atoms with E-state index in [1.807, 2.05) is 38.1 Å². The summed E-state index contributed by atoms with van der Waals surface area (Å²) in [5, 5.41) is 9.87. The Labute approximate surface area is 119 Å². The van der Waals surface area contributed by atoms with Crippen molar-refractivity contribution in [3.05, 3.63) is 35.9 Å². The molecule has 1 aromatic rings. The van der Waals surface area contributed by atoms with Crippen molar-refractivity contribution in [3.8, 4) is 5.75 Å². The van der Waals surface area contributed by atoms with Crippen molar-refractivity contribution in [2.75, 3.05) is 19.7 Å². The SMILES string of the molecule is CCOc1ccc(C=CC(=O)N2CC(O)(CC)C2)cc1. The maximum atomic E-state index is 11.9. The first kappa shape index (κ1) is 14.6. The summed E-state index contributed by atoms with van der Waals surface area (Å²) in [6, 6.07) is 7.58. The quantitative estimate of drug-likeness (QED) is 0.837. The molecule has 0 bridgehead atoms. The smallest absolute Gasteiger partial charge is 0.246 e. The van der Waals surface area contributed by atoms with Gasteiger partial charge in [0.1, 0.15) is 5.75 Å². The Balaban J connectivity index is 1.88. The van der Waals surface area contributed by atoms with Gasteiger partial charge in [0.2, 0.25) is 5.91 Å². The second-order valence-electron chi connectivity index (χ2n) is 5.11. The Morgan fingerprint density at radius 2 is 2.00 bits per heavy atom. The van der Waals surface area contributed by atoms with Crippen molar-refractivity contribution in [1.82, 2.24) is 4.90 Å². The molecule has 0 spiro atoms. The van der Waals surface area contributed by atoms with E-state index >= 15 is 0 Å². The average Bonchev–Trinajstić information content (AvgIpc) is 2.43. The fourth-order valence-electron chi connectivity index (χ4n) is 2.16. The molecule has 1 aromatic carbocycles. The van der Waals surface area contributed by atoms with E-state index in [1.165, 1.54) is 0 Å². The summed E-state index contributed by atoms with van der Waals surface area (Å²) < 4.78 is 5.36. The molecule has 0 aliphatic carbocycles. The minimum atomic E-state index is -0.678. The first-order chi connectivity index (χ1) is 9.56. The second kappa shape index (κ2) is 6.09. The maximum absolute atomic E-state index is 11.9. The Bertz CT molecular complexity index is 487. The summed E-state index contributed by atoms with van der Waals surface area (Å²) in [5.74, 6) is 0.767. The first-order valence-electron chi connectivity index (χ1n) is 6.98. The minimum absolute atomic E-state index is 0.0583. The Hall–Kier alpha value is -1.81. The van der Waals surface area contributed by atoms with Crippen LogP contribution in [0.3, 0.4) is 0 Å². The predicted molar refractivity (Wildman–Crippen MR) is 78.5 cm³/mol. The molecule has 0 radical (unpaired) electrons. The lowest BCUT2D eigenvalue weighted by atomic mass is 9.91. The highest BCUT2D eigenvalue weighted by Gasteiger charge is 2.41. The van der Waals surface area contributed by atoms with Gasteiger partial charge >= 0.3 is 0 Å². The van der Waals surface area contributed by atoms with Gasteiger partial charge in [-0.05, 0) is 37.1 Å². The van der Waals surface area contributed by atoms with E-state index in [9.17, 15) is 9.90 Å². The number of hydrogen-bond donors (Lipinski definition) is 1. The lowest BCUT2D eigenvalue weighted by molar-refractivity contribution is -0.150. The van der Waals surface area contributed by atoms with Gasteiger partial charge in [-0.1, -0.05) is 19.1 Å². The van der Waals surface area contributed by atoms with Gasteiger partial charge in [0.05, 0.1) is 25.3 Å². The van der Waals surface area contributed by atoms with Gasteiger partial charge in [-0.3, -0.25) is 4.79 Å². The molecule has 0 atom stereocenters. The molecule has 4 nitrogen and oxygen atoms in total. The normalized spacial score (nSPS) is 17.1. The standard InChI is InChI=1S/C16H21NO3/c1-3-16(19)11-17(12-16)15(18)10-7-13-5-8-14(9-6-13)20-4-2/h5-10,19H,3-4,11-12H2,1-2H3. The van der Waals surface area contributed by atoms with E-state index < -0.39 is 5.60 Å². The van der Waals surface area contributed by atoms with Gasteiger partial charge in [0, 0.05) is 6.08 Å². The van der Waals surface area contributed by atoms with Crippen molar-refractivity contribution >= 4 is 12.0 Å². The third-order valence-electron chi connectivity index (χ3n) is 3.55. The van der Waals surface area contributed by atoms with Crippen LogP contribution in [0.5, 0.6) is 5.75 Å². The van der Waals surface area contributed by atoms with Gasteiger partial charge in [0.25, 0.3) is 0 Å². The Morgan fingerprint density at radius 3 is 2.55 bits per heavy atom. The molecule has 1 N–H and O–H groups in total. The molecule has 0 saturated carbocycles. The van der Waals surface area contributed by atoms with E-state index in [-0.39, 0.29) is 5.91 Å². The summed E-state index contributed by atoms with van der Waals surface area (Å²) in [6.07, 6.45) is 4.01. The third kappa shape index (κ3) is 3.39. The molecule has 1 saturated heterocycles. The number of carbonyl (C=O) groups excluding carboxylic acids is 1. The average molecular weight is 275 g/mol. The number of carbonyl (C=O) groups is 1. The number of rotatable bonds is 5. The zero-order valence-corrected chi connectivity index (χ0v) is 12.0. The molecule has 0 aromatic heterocycles. The summed E-state index contributed by atoms with van der Waals surface area (Å²) in [5.41, 5.74) is 0.274. The molecule has 108 valence electrons. The number of aliphatic hydroxyl groups is 1. The maximum Gasteiger partial charge on any atom is 0.246 e. The third-order valence-corrected chi connectivity index (χ3v) is 3.55. The highest BCUT2D eigenvalue weighted by Crippen LogP contribution is 2.24. The summed E-state index contributed by atoms with van der Waals surface area (Å²) in [6.45, 7) is 5.36. The van der Waals surface area contributed by atoms with Gasteiger partial charge in [-0.15, -0.1) is 0 Å². The van der Waals surface area contributed by atoms with Gasteiger partial charge in [-0.25, -0.2) is 0 Å². The van der Waals surface area contributed by atoms with Crippen LogP contribution >= 0.6 is 0 Å². The number of amides is 1. The monoisotopic (exact) mass is 275 g/mol. The van der Waals surface area contributed by atoms with Gasteiger partial charge in [0.15, 0.2) is 0 Å². The summed E-state index contributed by atoms with van der Waals surface area (Å²) in [7, 11) is 0. The van der Waals surface area contributed by atoms with E-state index in [0.717, 1.165) is 11.3 Å². The van der Waals surface area contributed by atoms with E-state index in [2.05, 4.69) is 0 Å². The lowest BCUT2D eigenvalue weighted by Crippen LogP contribution is -2.62. The van der Waals surface area contributed by atoms with Gasteiger partial charge < -0.3 is 14.7 Å². The molecule has 20 heavy (non-hydrogen) atoms. The number of benzene rings is 1. The molecule has 2 rings (SSSR count). The van der Waals surface area contributed by atoms with E-state index in [4.69, 9.17) is 4.74 Å². The predicted octanol–water partition coefficient (Wildman–Crippen LogP) is 2.08. The zero-order chi connectivity index (χ0) is 14.6. The number of hydrogen-bond acceptors (Lipinski definition) is 3. The molecule has 1 fully saturated rings. The number of nitrogens with zero attached hydrogens (tertiary/aromatic N) is 1. The molecule has 0 unspecified atom stereocenters. The molecule has 1 heterocycles. The van der Waals surface area contributed by atoms with Crippen LogP contribution in [0.4, 0.5) is 0 Å². The fourth-order valence-corrected chi connectivity index (χ4v) is 2.16. The largest absolute Gasteiger partial charge is 0.494 e. The van der Waals surface area contributed by atoms with Gasteiger partial charge in [-0.2, -0.15) is 0 Å². The van der Waals surface area contributed by atoms with Crippen LogP contribution in [0.25, 0.3) is 6.08 Å². The lowest BCUT2D eigenvalue weighted by Gasteiger charge is -2.45. The van der Waals surface area contributed by atoms with Crippen LogP contribution < -0.4 is 4.74 Å². The van der Waals surface area contributed by atoms with E-state index in [0.29, 0.717) is 26.1 Å². The zero-order valence-electron chi connectivity index (χ0n) is 12.0. The van der Waals surface area contributed by atoms with Crippen molar-refractivity contribution in [2.24, 2.45) is 0 Å². The molecular weight excluding hydrogens is 254 g/mol. The number of likely N-dealkylation sites (tertiary alicyclic amines) is 1.